The Morgan fingerprint density at radius 1 is 1.31 bits per heavy atom. The normalized spacial score (nSPS) is 14.4. The standard InChI is InChI=1S/C19H29ClN4O2/c1-3-21-19(22-11-10-18(25)24-12-4-5-13-24)23(2)14-15-26-17-8-6-16(20)7-9-17/h6-9H,3-5,10-15H2,1-2H3,(H,21,22). The smallest absolute Gasteiger partial charge is 0.224 e. The van der Waals surface area contributed by atoms with Gasteiger partial charge in [-0.2, -0.15) is 0 Å². The van der Waals surface area contributed by atoms with Crippen LogP contribution in [0, 0.1) is 0 Å². The number of ether oxygens (including phenoxy) is 1. The zero-order valence-corrected chi connectivity index (χ0v) is 16.5. The highest BCUT2D eigenvalue weighted by Gasteiger charge is 2.17. The van der Waals surface area contributed by atoms with Crippen LogP contribution in [0.5, 0.6) is 5.75 Å². The molecule has 0 radical (unpaired) electrons. The maximum atomic E-state index is 12.1. The number of amides is 1. The molecule has 0 atom stereocenters. The minimum Gasteiger partial charge on any atom is -0.492 e. The Kier molecular flexibility index (Phi) is 8.54. The lowest BCUT2D eigenvalue weighted by Gasteiger charge is -2.22. The molecule has 1 aliphatic rings. The number of benzene rings is 1. The van der Waals surface area contributed by atoms with E-state index in [-0.39, 0.29) is 5.91 Å². The summed E-state index contributed by atoms with van der Waals surface area (Å²) < 4.78 is 5.73. The third kappa shape index (κ3) is 6.75. The van der Waals surface area contributed by atoms with E-state index in [1.54, 1.807) is 0 Å². The number of carbonyl (C=O) groups is 1. The van der Waals surface area contributed by atoms with Crippen LogP contribution in [0.3, 0.4) is 0 Å². The maximum absolute atomic E-state index is 12.1. The lowest BCUT2D eigenvalue weighted by molar-refractivity contribution is -0.129. The number of hydrogen-bond acceptors (Lipinski definition) is 3. The first-order valence-electron chi connectivity index (χ1n) is 9.25. The zero-order chi connectivity index (χ0) is 18.8. The summed E-state index contributed by atoms with van der Waals surface area (Å²) in [7, 11) is 1.97. The third-order valence-corrected chi connectivity index (χ3v) is 4.50. The van der Waals surface area contributed by atoms with Gasteiger partial charge in [-0.15, -0.1) is 0 Å². The molecular formula is C19H29ClN4O2. The SMILES string of the molecule is CCNC(=NCCC(=O)N1CCCC1)N(C)CCOc1ccc(Cl)cc1. The highest BCUT2D eigenvalue weighted by Crippen LogP contribution is 2.15. The predicted molar refractivity (Wildman–Crippen MR) is 106 cm³/mol. The summed E-state index contributed by atoms with van der Waals surface area (Å²) in [4.78, 5) is 20.6. The maximum Gasteiger partial charge on any atom is 0.224 e. The van der Waals surface area contributed by atoms with Gasteiger partial charge in [0.2, 0.25) is 5.91 Å². The van der Waals surface area contributed by atoms with Gasteiger partial charge in [-0.05, 0) is 44.0 Å². The van der Waals surface area contributed by atoms with Gasteiger partial charge in [0.1, 0.15) is 12.4 Å². The van der Waals surface area contributed by atoms with Crippen molar-refractivity contribution in [2.45, 2.75) is 26.2 Å². The molecule has 1 aromatic rings. The second-order valence-electron chi connectivity index (χ2n) is 6.30. The fraction of sp³-hybridized carbons (Fsp3) is 0.579. The molecule has 0 saturated carbocycles. The van der Waals surface area contributed by atoms with Crippen LogP contribution in [0.4, 0.5) is 0 Å². The summed E-state index contributed by atoms with van der Waals surface area (Å²) in [5.41, 5.74) is 0. The molecule has 1 aromatic carbocycles. The molecule has 0 aromatic heterocycles. The van der Waals surface area contributed by atoms with Crippen molar-refractivity contribution >= 4 is 23.5 Å². The summed E-state index contributed by atoms with van der Waals surface area (Å²) in [6.45, 7) is 6.32. The molecule has 2 rings (SSSR count). The van der Waals surface area contributed by atoms with Crippen LogP contribution in [0.2, 0.25) is 5.02 Å². The second kappa shape index (κ2) is 10.9. The Morgan fingerprint density at radius 2 is 2.00 bits per heavy atom. The summed E-state index contributed by atoms with van der Waals surface area (Å²) in [6.07, 6.45) is 2.70. The molecule has 1 saturated heterocycles. The van der Waals surface area contributed by atoms with Crippen molar-refractivity contribution in [3.8, 4) is 5.75 Å². The molecule has 0 bridgehead atoms. The number of nitrogens with zero attached hydrogens (tertiary/aromatic N) is 3. The lowest BCUT2D eigenvalue weighted by atomic mass is 10.3. The average molecular weight is 381 g/mol. The fourth-order valence-corrected chi connectivity index (χ4v) is 2.91. The number of halogens is 1. The van der Waals surface area contributed by atoms with Crippen molar-refractivity contribution in [3.05, 3.63) is 29.3 Å². The van der Waals surface area contributed by atoms with Gasteiger partial charge in [0.05, 0.1) is 13.1 Å². The van der Waals surface area contributed by atoms with Gasteiger partial charge in [0.15, 0.2) is 5.96 Å². The highest BCUT2D eigenvalue weighted by atomic mass is 35.5. The average Bonchev–Trinajstić information content (AvgIpc) is 3.17. The number of hydrogen-bond donors (Lipinski definition) is 1. The number of aliphatic imine (C=N–C) groups is 1. The molecule has 6 nitrogen and oxygen atoms in total. The predicted octanol–water partition coefficient (Wildman–Crippen LogP) is 2.63. The molecule has 144 valence electrons. The number of likely N-dealkylation sites (N-methyl/N-ethyl adjacent to an activating group) is 1. The molecule has 26 heavy (non-hydrogen) atoms. The quantitative estimate of drug-likeness (QED) is 0.556. The first-order valence-corrected chi connectivity index (χ1v) is 9.63. The Labute approximate surface area is 161 Å². The monoisotopic (exact) mass is 380 g/mol. The number of likely N-dealkylation sites (tertiary alicyclic amines) is 1. The van der Waals surface area contributed by atoms with Gasteiger partial charge in [0, 0.05) is 38.1 Å². The first-order chi connectivity index (χ1) is 12.6. The molecular weight excluding hydrogens is 352 g/mol. The Hall–Kier alpha value is -1.95. The van der Waals surface area contributed by atoms with Crippen molar-refractivity contribution in [1.82, 2.24) is 15.1 Å². The van der Waals surface area contributed by atoms with Crippen LogP contribution in [-0.4, -0.2) is 68.0 Å². The van der Waals surface area contributed by atoms with Gasteiger partial charge in [-0.3, -0.25) is 9.79 Å². The number of nitrogens with one attached hydrogen (secondary N) is 1. The topological polar surface area (TPSA) is 57.2 Å². The van der Waals surface area contributed by atoms with E-state index in [4.69, 9.17) is 16.3 Å². The highest BCUT2D eigenvalue weighted by molar-refractivity contribution is 6.30. The molecule has 7 heteroatoms. The van der Waals surface area contributed by atoms with E-state index in [0.717, 1.165) is 44.2 Å². The Balaban J connectivity index is 1.76. The summed E-state index contributed by atoms with van der Waals surface area (Å²) in [5, 5.41) is 3.95. The lowest BCUT2D eigenvalue weighted by Crippen LogP contribution is -2.41. The first kappa shape index (κ1) is 20.4. The van der Waals surface area contributed by atoms with Gasteiger partial charge in [-0.1, -0.05) is 11.6 Å². The van der Waals surface area contributed by atoms with E-state index >= 15 is 0 Å². The van der Waals surface area contributed by atoms with Gasteiger partial charge < -0.3 is 19.9 Å². The number of carbonyl (C=O) groups excluding carboxylic acids is 1. The van der Waals surface area contributed by atoms with Gasteiger partial charge in [-0.25, -0.2) is 0 Å². The molecule has 1 amide bonds. The van der Waals surface area contributed by atoms with Crippen LogP contribution in [0.1, 0.15) is 26.2 Å². The molecule has 1 fully saturated rings. The van der Waals surface area contributed by atoms with Crippen molar-refractivity contribution in [2.24, 2.45) is 4.99 Å². The Morgan fingerprint density at radius 3 is 2.65 bits per heavy atom. The summed E-state index contributed by atoms with van der Waals surface area (Å²) in [5.74, 6) is 1.79. The molecule has 1 N–H and O–H groups in total. The molecule has 0 spiro atoms. The van der Waals surface area contributed by atoms with E-state index < -0.39 is 0 Å². The largest absolute Gasteiger partial charge is 0.492 e. The molecule has 0 unspecified atom stereocenters. The zero-order valence-electron chi connectivity index (χ0n) is 15.7. The number of guanidine groups is 1. The van der Waals surface area contributed by atoms with Crippen LogP contribution < -0.4 is 10.1 Å². The van der Waals surface area contributed by atoms with E-state index in [1.165, 1.54) is 0 Å². The Bertz CT molecular complexity index is 586. The van der Waals surface area contributed by atoms with Crippen LogP contribution in [-0.2, 0) is 4.79 Å². The minimum absolute atomic E-state index is 0.204. The van der Waals surface area contributed by atoms with Gasteiger partial charge >= 0.3 is 0 Å². The van der Waals surface area contributed by atoms with Crippen LogP contribution in [0.15, 0.2) is 29.3 Å². The third-order valence-electron chi connectivity index (χ3n) is 4.25. The second-order valence-corrected chi connectivity index (χ2v) is 6.73. The van der Waals surface area contributed by atoms with Crippen LogP contribution >= 0.6 is 11.6 Å². The van der Waals surface area contributed by atoms with Crippen molar-refractivity contribution in [3.63, 3.8) is 0 Å². The van der Waals surface area contributed by atoms with E-state index in [2.05, 4.69) is 10.3 Å². The van der Waals surface area contributed by atoms with E-state index in [9.17, 15) is 4.79 Å². The molecule has 0 aliphatic carbocycles. The minimum atomic E-state index is 0.204. The molecule has 1 heterocycles. The number of rotatable bonds is 8. The van der Waals surface area contributed by atoms with E-state index in [1.807, 2.05) is 48.0 Å². The summed E-state index contributed by atoms with van der Waals surface area (Å²) >= 11 is 5.87. The summed E-state index contributed by atoms with van der Waals surface area (Å²) in [6, 6.07) is 7.32. The molecule has 1 aliphatic heterocycles. The van der Waals surface area contributed by atoms with Gasteiger partial charge in [0.25, 0.3) is 0 Å². The van der Waals surface area contributed by atoms with Crippen molar-refractivity contribution in [2.75, 3.05) is 46.4 Å². The van der Waals surface area contributed by atoms with Crippen molar-refractivity contribution in [1.29, 1.82) is 0 Å². The fourth-order valence-electron chi connectivity index (χ4n) is 2.79. The van der Waals surface area contributed by atoms with Crippen molar-refractivity contribution < 1.29 is 9.53 Å². The van der Waals surface area contributed by atoms with Crippen LogP contribution in [0.25, 0.3) is 0 Å². The van der Waals surface area contributed by atoms with E-state index in [0.29, 0.717) is 31.1 Å².